The topological polar surface area (TPSA) is 197 Å². The van der Waals surface area contributed by atoms with Crippen molar-refractivity contribution >= 4 is 29.8 Å². The zero-order valence-electron chi connectivity index (χ0n) is 65.5. The van der Waals surface area contributed by atoms with Crippen molar-refractivity contribution in [2.75, 3.05) is 0 Å². The summed E-state index contributed by atoms with van der Waals surface area (Å²) in [6.07, 6.45) is 39.2. The predicted octanol–water partition coefficient (Wildman–Crippen LogP) is 18.7. The van der Waals surface area contributed by atoms with Crippen LogP contribution in [-0.4, -0.2) is 29.8 Å². The van der Waals surface area contributed by atoms with Gasteiger partial charge in [0.05, 0.1) is 61.7 Å². The number of rotatable bonds is 25. The summed E-state index contributed by atoms with van der Waals surface area (Å²) in [6, 6.07) is 18.1. The Morgan fingerprint density at radius 2 is 0.419 bits per heavy atom. The number of hydrogen-bond acceptors (Lipinski definition) is 15. The van der Waals surface area contributed by atoms with Crippen LogP contribution >= 0.6 is 0 Å². The van der Waals surface area contributed by atoms with E-state index in [1.165, 1.54) is 27.9 Å². The second-order valence-corrected chi connectivity index (χ2v) is 32.1. The number of terminal acetylenes is 5. The average Bonchev–Trinajstić information content (AvgIpc) is 1.61. The van der Waals surface area contributed by atoms with Gasteiger partial charge in [0.25, 0.3) is 0 Å². The van der Waals surface area contributed by atoms with Gasteiger partial charge in [0.1, 0.15) is 90.6 Å². The molecule has 5 aliphatic carbocycles. The molecule has 10 rings (SSSR count). The largest absolute Gasteiger partial charge is 0.461 e. The molecule has 0 N–H and O–H groups in total. The molecule has 0 unspecified atom stereocenters. The smallest absolute Gasteiger partial charge is 0.310 e. The van der Waals surface area contributed by atoms with Crippen molar-refractivity contribution in [3.05, 3.63) is 177 Å². The van der Waals surface area contributed by atoms with E-state index in [0.717, 1.165) is 28.8 Å². The normalized spacial score (nSPS) is 22.2. The first kappa shape index (κ1) is 84.2. The summed E-state index contributed by atoms with van der Waals surface area (Å²) in [5.41, 5.74) is 6.04. The van der Waals surface area contributed by atoms with Crippen molar-refractivity contribution in [3.63, 3.8) is 0 Å². The fourth-order valence-electron chi connectivity index (χ4n) is 13.6. The van der Waals surface area contributed by atoms with E-state index in [2.05, 4.69) is 129 Å². The Morgan fingerprint density at radius 1 is 0.286 bits per heavy atom. The number of esters is 5. The molecular formula is C90H110O15. The molecule has 560 valence electrons. The molecule has 10 atom stereocenters. The zero-order chi connectivity index (χ0) is 78.1. The maximum Gasteiger partial charge on any atom is 0.310 e. The van der Waals surface area contributed by atoms with Gasteiger partial charge in [0, 0.05) is 0 Å². The first-order chi connectivity index (χ1) is 49.3. The second-order valence-electron chi connectivity index (χ2n) is 32.1. The van der Waals surface area contributed by atoms with Gasteiger partial charge < -0.3 is 45.8 Å². The van der Waals surface area contributed by atoms with Gasteiger partial charge in [-0.05, 0) is 187 Å². The van der Waals surface area contributed by atoms with Crippen molar-refractivity contribution in [3.8, 4) is 61.7 Å². The summed E-state index contributed by atoms with van der Waals surface area (Å²) >= 11 is 0. The van der Waals surface area contributed by atoms with E-state index >= 15 is 0 Å². The van der Waals surface area contributed by atoms with Gasteiger partial charge in [-0.25, -0.2) is 0 Å². The van der Waals surface area contributed by atoms with E-state index < -0.39 is 0 Å². The molecule has 0 radical (unpaired) electrons. The lowest BCUT2D eigenvalue weighted by molar-refractivity contribution is -0.149. The third-order valence-electron chi connectivity index (χ3n) is 20.1. The lowest BCUT2D eigenvalue weighted by Gasteiger charge is -2.03. The van der Waals surface area contributed by atoms with Crippen LogP contribution in [-0.2, 0) is 113 Å². The van der Waals surface area contributed by atoms with Crippen molar-refractivity contribution in [2.45, 2.75) is 204 Å². The van der Waals surface area contributed by atoms with Crippen molar-refractivity contribution in [2.24, 2.45) is 86.3 Å². The first-order valence-electron chi connectivity index (χ1n) is 35.9. The Hall–Kier alpha value is -9.75. The molecule has 0 aliphatic heterocycles. The van der Waals surface area contributed by atoms with E-state index in [4.69, 9.17) is 77.9 Å². The number of furan rings is 5. The van der Waals surface area contributed by atoms with Gasteiger partial charge in [-0.2, -0.15) is 0 Å². The molecule has 5 aliphatic rings. The fraction of sp³-hybridized carbons (Fsp3) is 0.500. The maximum atomic E-state index is 12.2. The molecule has 5 aromatic heterocycles. The third kappa shape index (κ3) is 23.4. The van der Waals surface area contributed by atoms with E-state index in [9.17, 15) is 24.0 Å². The van der Waals surface area contributed by atoms with Crippen LogP contribution in [0.2, 0.25) is 0 Å². The molecular weight excluding hydrogens is 1320 g/mol. The summed E-state index contributed by atoms with van der Waals surface area (Å²) in [4.78, 5) is 61.0. The van der Waals surface area contributed by atoms with Gasteiger partial charge in [-0.15, -0.1) is 32.1 Å². The lowest BCUT2D eigenvalue weighted by atomic mass is 10.1. The first-order valence-corrected chi connectivity index (χ1v) is 35.9. The van der Waals surface area contributed by atoms with E-state index in [1.807, 2.05) is 99.6 Å². The SMILES string of the molecule is C#CCc1ccc(COC(=O)[C@@H]2[C@H](C=C(C)C)C2(C)C)o1.C#CCc1ccc(COC(=O)[C@H]2[C@H](C=C(C)C)C2(C)C)o1.C#CCc1ccc(COC(=O)[C@H]2[C@H](C=C(C)C)C2(C)C)o1.C#CCc1ccc(COC(=O)[C@H]2[C@H](C=C(C)C)C2(C)C)o1.C#CCc1ccc(COC(=O)[C@H]2[C@H](C=C(C)C)C2(C)C)o1. The average molecular weight is 1430 g/mol. The Morgan fingerprint density at radius 3 is 0.543 bits per heavy atom. The highest BCUT2D eigenvalue weighted by atomic mass is 16.6. The van der Waals surface area contributed by atoms with Crippen molar-refractivity contribution < 1.29 is 69.7 Å². The van der Waals surface area contributed by atoms with Crippen LogP contribution in [0.1, 0.15) is 196 Å². The van der Waals surface area contributed by atoms with Crippen LogP contribution in [0.25, 0.3) is 0 Å². The zero-order valence-corrected chi connectivity index (χ0v) is 65.5. The Labute approximate surface area is 624 Å². The van der Waals surface area contributed by atoms with E-state index in [1.54, 1.807) is 30.3 Å². The number of carbonyl (C=O) groups is 5. The molecule has 5 heterocycles. The molecule has 0 bridgehead atoms. The minimum atomic E-state index is -0.155. The molecule has 0 amide bonds. The minimum absolute atomic E-state index is 0.0217. The van der Waals surface area contributed by atoms with Crippen molar-refractivity contribution in [1.29, 1.82) is 0 Å². The molecule has 5 fully saturated rings. The molecule has 0 saturated heterocycles. The highest BCUT2D eigenvalue weighted by Crippen LogP contribution is 2.63. The maximum absolute atomic E-state index is 12.2. The highest BCUT2D eigenvalue weighted by molar-refractivity contribution is 5.80. The summed E-state index contributed by atoms with van der Waals surface area (Å²) in [5.74, 6) is 19.6. The summed E-state index contributed by atoms with van der Waals surface area (Å²) in [5, 5.41) is 0. The second kappa shape index (κ2) is 36.3. The van der Waals surface area contributed by atoms with Gasteiger partial charge in [0.2, 0.25) is 0 Å². The molecule has 0 spiro atoms. The fourth-order valence-corrected chi connectivity index (χ4v) is 13.6. The van der Waals surface area contributed by atoms with Crippen LogP contribution < -0.4 is 0 Å². The van der Waals surface area contributed by atoms with Gasteiger partial charge >= 0.3 is 29.8 Å². The highest BCUT2D eigenvalue weighted by Gasteiger charge is 2.64. The van der Waals surface area contributed by atoms with Crippen LogP contribution in [0.3, 0.4) is 0 Å². The van der Waals surface area contributed by atoms with Gasteiger partial charge in [-0.1, -0.05) is 157 Å². The van der Waals surface area contributed by atoms with Crippen LogP contribution in [0.4, 0.5) is 0 Å². The van der Waals surface area contributed by atoms with Crippen LogP contribution in [0.15, 0.2) is 141 Å². The van der Waals surface area contributed by atoms with Gasteiger partial charge in [0.15, 0.2) is 0 Å². The monoisotopic (exact) mass is 1430 g/mol. The third-order valence-corrected chi connectivity index (χ3v) is 20.1. The Balaban J connectivity index is 0.000000206. The number of hydrogen-bond donors (Lipinski definition) is 0. The van der Waals surface area contributed by atoms with E-state index in [-0.39, 0.29) is 149 Å². The molecule has 0 aromatic carbocycles. The van der Waals surface area contributed by atoms with Crippen LogP contribution in [0, 0.1) is 148 Å². The number of carbonyl (C=O) groups excluding carboxylic acids is 5. The minimum Gasteiger partial charge on any atom is -0.461 e. The summed E-state index contributed by atoms with van der Waals surface area (Å²) in [7, 11) is 0. The molecule has 15 heteroatoms. The van der Waals surface area contributed by atoms with Gasteiger partial charge in [-0.3, -0.25) is 24.0 Å². The molecule has 5 saturated carbocycles. The molecule has 5 aromatic rings. The van der Waals surface area contributed by atoms with Crippen molar-refractivity contribution in [1.82, 2.24) is 0 Å². The Kier molecular flexibility index (Phi) is 29.1. The van der Waals surface area contributed by atoms with Crippen LogP contribution in [0.5, 0.6) is 0 Å². The lowest BCUT2D eigenvalue weighted by Crippen LogP contribution is -2.10. The predicted molar refractivity (Wildman–Crippen MR) is 406 cm³/mol. The standard InChI is InChI=1S/5C18H22O3/c5*1-6-7-13-8-9-14(21-13)11-20-17(19)16-15(10-12(2)3)18(16,4)5/h5*1,8-10,15-16H,7,11H2,2-5H3/t4*15-,16+;15-,16-/m00000/s1. The molecule has 105 heavy (non-hydrogen) atoms. The van der Waals surface area contributed by atoms with E-state index in [0.29, 0.717) is 60.9 Å². The Bertz CT molecular complexity index is 3600. The quantitative estimate of drug-likeness (QED) is 0.0231. The summed E-state index contributed by atoms with van der Waals surface area (Å²) < 4.78 is 54.3. The number of allylic oxidation sites excluding steroid dienone is 10. The number of ether oxygens (including phenoxy) is 5. The molecule has 15 nitrogen and oxygen atoms in total. The summed E-state index contributed by atoms with van der Waals surface area (Å²) in [6.45, 7) is 42.3.